The smallest absolute Gasteiger partial charge is 0.232 e. The molecule has 1 heterocycles. The second kappa shape index (κ2) is 7.05. The zero-order chi connectivity index (χ0) is 20.3. The lowest BCUT2D eigenvalue weighted by Crippen LogP contribution is -2.47. The molecule has 1 N–H and O–H groups in total. The Hall–Kier alpha value is -3.46. The molecular weight excluding hydrogens is 380 g/mol. The molecule has 31 heavy (non-hydrogen) atoms. The van der Waals surface area contributed by atoms with Crippen LogP contribution in [0.25, 0.3) is 10.8 Å². The zero-order valence-corrected chi connectivity index (χ0v) is 16.8. The molecule has 3 aliphatic rings. The predicted molar refractivity (Wildman–Crippen MR) is 126 cm³/mol. The van der Waals surface area contributed by atoms with Gasteiger partial charge in [0.1, 0.15) is 5.82 Å². The van der Waals surface area contributed by atoms with Gasteiger partial charge in [-0.25, -0.2) is 4.98 Å². The van der Waals surface area contributed by atoms with E-state index in [1.54, 1.807) is 6.20 Å². The number of carbonyl (C=O) groups is 1. The first kappa shape index (κ1) is 19.5. The molecule has 1 aromatic heterocycles. The van der Waals surface area contributed by atoms with Crippen LogP contribution in [0.2, 0.25) is 0 Å². The van der Waals surface area contributed by atoms with Crippen molar-refractivity contribution in [3.63, 3.8) is 0 Å². The summed E-state index contributed by atoms with van der Waals surface area (Å²) < 4.78 is 0. The van der Waals surface area contributed by atoms with E-state index in [-0.39, 0.29) is 25.2 Å². The Kier molecular flexibility index (Phi) is 4.44. The maximum Gasteiger partial charge on any atom is 0.232 e. The third-order valence-corrected chi connectivity index (χ3v) is 7.05. The fraction of sp³-hybridized carbons (Fsp3) is 0.214. The topological polar surface area (TPSA) is 42.0 Å². The Balaban J connectivity index is 0.00000204. The Morgan fingerprint density at radius 3 is 2.13 bits per heavy atom. The number of benzene rings is 3. The first-order valence-corrected chi connectivity index (χ1v) is 10.5. The van der Waals surface area contributed by atoms with Crippen LogP contribution in [0.3, 0.4) is 0 Å². The fourth-order valence-corrected chi connectivity index (χ4v) is 5.66. The number of nitrogens with one attached hydrogen (secondary N) is 1. The van der Waals surface area contributed by atoms with E-state index in [0.717, 1.165) is 17.2 Å². The molecule has 3 aliphatic carbocycles. The second-order valence-electron chi connectivity index (χ2n) is 8.70. The van der Waals surface area contributed by atoms with Gasteiger partial charge in [0.15, 0.2) is 0 Å². The lowest BCUT2D eigenvalue weighted by molar-refractivity contribution is -0.126. The highest BCUT2D eigenvalue weighted by Gasteiger charge is 2.53. The van der Waals surface area contributed by atoms with Gasteiger partial charge in [-0.1, -0.05) is 80.2 Å². The number of nitrogens with zero attached hydrogens (tertiary/aromatic N) is 1. The summed E-state index contributed by atoms with van der Waals surface area (Å²) in [6.45, 7) is 2.12. The van der Waals surface area contributed by atoms with Gasteiger partial charge < -0.3 is 5.32 Å². The molecule has 0 saturated heterocycles. The lowest BCUT2D eigenvalue weighted by Gasteiger charge is -2.50. The summed E-state index contributed by atoms with van der Waals surface area (Å²) in [5, 5.41) is 5.24. The molecule has 1 atom stereocenters. The molecule has 7 rings (SSSR count). The van der Waals surface area contributed by atoms with Gasteiger partial charge in [-0.15, -0.1) is 0 Å². The molecule has 1 amide bonds. The molecule has 4 aromatic rings. The summed E-state index contributed by atoms with van der Waals surface area (Å²) in [5.74, 6) is 0.983. The van der Waals surface area contributed by atoms with Gasteiger partial charge in [-0.3, -0.25) is 4.79 Å². The second-order valence-corrected chi connectivity index (χ2v) is 8.70. The molecular formula is C28H26N2O. The average molecular weight is 407 g/mol. The Morgan fingerprint density at radius 2 is 1.45 bits per heavy atom. The number of amides is 1. The molecule has 0 aliphatic heterocycles. The third-order valence-electron chi connectivity index (χ3n) is 7.05. The van der Waals surface area contributed by atoms with Crippen LogP contribution in [-0.2, 0) is 4.79 Å². The third kappa shape index (κ3) is 2.73. The maximum absolute atomic E-state index is 13.8. The van der Waals surface area contributed by atoms with Crippen LogP contribution in [-0.4, -0.2) is 10.9 Å². The zero-order valence-electron chi connectivity index (χ0n) is 16.8. The summed E-state index contributed by atoms with van der Waals surface area (Å²) >= 11 is 0. The monoisotopic (exact) mass is 406 g/mol. The summed E-state index contributed by atoms with van der Waals surface area (Å²) in [7, 11) is 0. The SMILES string of the molecule is C.CC1(C(=O)Nc2nccc3ccccc23)CC2c3ccccc3C1c1ccccc12. The highest BCUT2D eigenvalue weighted by Crippen LogP contribution is 2.61. The van der Waals surface area contributed by atoms with Crippen molar-refractivity contribution < 1.29 is 4.79 Å². The summed E-state index contributed by atoms with van der Waals surface area (Å²) in [5.41, 5.74) is 4.78. The number of carbonyl (C=O) groups excluding carboxylic acids is 1. The molecule has 1 unspecified atom stereocenters. The normalized spacial score (nSPS) is 22.9. The summed E-state index contributed by atoms with van der Waals surface area (Å²) in [4.78, 5) is 18.3. The van der Waals surface area contributed by atoms with Crippen molar-refractivity contribution >= 4 is 22.5 Å². The van der Waals surface area contributed by atoms with Gasteiger partial charge in [-0.2, -0.15) is 0 Å². The minimum Gasteiger partial charge on any atom is -0.310 e. The van der Waals surface area contributed by atoms with Gasteiger partial charge in [0.25, 0.3) is 0 Å². The Labute approximate surface area is 183 Å². The van der Waals surface area contributed by atoms with Crippen LogP contribution >= 0.6 is 0 Å². The van der Waals surface area contributed by atoms with E-state index in [1.165, 1.54) is 22.3 Å². The predicted octanol–water partition coefficient (Wildman–Crippen LogP) is 6.50. The van der Waals surface area contributed by atoms with E-state index in [0.29, 0.717) is 5.82 Å². The quantitative estimate of drug-likeness (QED) is 0.413. The number of fused-ring (bicyclic) bond motifs is 2. The van der Waals surface area contributed by atoms with Crippen LogP contribution in [0.4, 0.5) is 5.82 Å². The lowest BCUT2D eigenvalue weighted by atomic mass is 9.52. The van der Waals surface area contributed by atoms with Gasteiger partial charge >= 0.3 is 0 Å². The molecule has 3 aromatic carbocycles. The number of anilines is 1. The van der Waals surface area contributed by atoms with Gasteiger partial charge in [-0.05, 0) is 47.1 Å². The number of aromatic nitrogens is 1. The minimum atomic E-state index is -0.536. The van der Waals surface area contributed by atoms with Gasteiger partial charge in [0, 0.05) is 23.4 Å². The number of pyridine rings is 1. The number of hydrogen-bond donors (Lipinski definition) is 1. The van der Waals surface area contributed by atoms with Crippen LogP contribution in [0.5, 0.6) is 0 Å². The fourth-order valence-electron chi connectivity index (χ4n) is 5.66. The molecule has 3 heteroatoms. The summed E-state index contributed by atoms with van der Waals surface area (Å²) in [6, 6.07) is 27.3. The summed E-state index contributed by atoms with van der Waals surface area (Å²) in [6.07, 6.45) is 2.57. The van der Waals surface area contributed by atoms with Crippen molar-refractivity contribution in [2.45, 2.75) is 32.6 Å². The largest absolute Gasteiger partial charge is 0.310 e. The van der Waals surface area contributed by atoms with E-state index in [1.807, 2.05) is 30.3 Å². The first-order valence-electron chi connectivity index (χ1n) is 10.5. The van der Waals surface area contributed by atoms with Crippen LogP contribution in [0.15, 0.2) is 85.1 Å². The van der Waals surface area contributed by atoms with Gasteiger partial charge in [0.2, 0.25) is 5.91 Å². The number of hydrogen-bond acceptors (Lipinski definition) is 2. The van der Waals surface area contributed by atoms with Crippen molar-refractivity contribution in [1.29, 1.82) is 0 Å². The van der Waals surface area contributed by atoms with Crippen molar-refractivity contribution in [2.24, 2.45) is 5.41 Å². The molecule has 2 bridgehead atoms. The van der Waals surface area contributed by atoms with Crippen molar-refractivity contribution in [3.8, 4) is 0 Å². The van der Waals surface area contributed by atoms with E-state index in [9.17, 15) is 4.79 Å². The molecule has 154 valence electrons. The standard InChI is InChI=1S/C27H22N2O.CH4/c1-27(26(30)29-25-18-9-3-2-8-17(18)14-15-28-25)16-23-19-10-4-6-12-21(19)24(27)22-13-7-5-11-20(22)23;/h2-15,23-24H,16H2,1H3,(H,28,29,30);1H4. The van der Waals surface area contributed by atoms with Crippen molar-refractivity contribution in [2.75, 3.05) is 5.32 Å². The first-order chi connectivity index (χ1) is 14.7. The van der Waals surface area contributed by atoms with Crippen molar-refractivity contribution in [1.82, 2.24) is 4.98 Å². The van der Waals surface area contributed by atoms with Crippen molar-refractivity contribution in [3.05, 3.63) is 107 Å². The van der Waals surface area contributed by atoms with Crippen LogP contribution in [0.1, 0.15) is 54.9 Å². The van der Waals surface area contributed by atoms with E-state index >= 15 is 0 Å². The average Bonchev–Trinajstić information content (AvgIpc) is 2.79. The minimum absolute atomic E-state index is 0. The molecule has 0 fully saturated rings. The Morgan fingerprint density at radius 1 is 0.871 bits per heavy atom. The van der Waals surface area contributed by atoms with Crippen LogP contribution < -0.4 is 5.32 Å². The molecule has 3 nitrogen and oxygen atoms in total. The highest BCUT2D eigenvalue weighted by atomic mass is 16.2. The van der Waals surface area contributed by atoms with E-state index < -0.39 is 5.41 Å². The number of rotatable bonds is 2. The van der Waals surface area contributed by atoms with E-state index in [2.05, 4.69) is 65.8 Å². The molecule has 0 saturated carbocycles. The van der Waals surface area contributed by atoms with E-state index in [4.69, 9.17) is 0 Å². The van der Waals surface area contributed by atoms with Crippen LogP contribution in [0, 0.1) is 5.41 Å². The Bertz CT molecular complexity index is 1260. The molecule has 0 radical (unpaired) electrons. The maximum atomic E-state index is 13.8. The van der Waals surface area contributed by atoms with Gasteiger partial charge in [0.05, 0.1) is 5.41 Å². The highest BCUT2D eigenvalue weighted by molar-refractivity contribution is 6.03. The molecule has 0 spiro atoms.